The van der Waals surface area contributed by atoms with E-state index < -0.39 is 0 Å². The van der Waals surface area contributed by atoms with Crippen molar-refractivity contribution >= 4 is 173 Å². The Morgan fingerprint density at radius 3 is 1.19 bits per heavy atom. The third kappa shape index (κ3) is 10.8. The van der Waals surface area contributed by atoms with Crippen molar-refractivity contribution in [1.29, 1.82) is 0 Å². The summed E-state index contributed by atoms with van der Waals surface area (Å²) in [5.41, 5.74) is 21.9. The molecule has 0 radical (unpaired) electrons. The van der Waals surface area contributed by atoms with E-state index in [4.69, 9.17) is 8.83 Å². The van der Waals surface area contributed by atoms with E-state index in [9.17, 15) is 0 Å². The van der Waals surface area contributed by atoms with E-state index in [-0.39, 0.29) is 0 Å². The van der Waals surface area contributed by atoms with E-state index in [1.807, 2.05) is 34.8 Å². The van der Waals surface area contributed by atoms with Crippen LogP contribution in [-0.2, 0) is 0 Å². The van der Waals surface area contributed by atoms with Gasteiger partial charge in [-0.1, -0.05) is 285 Å². The topological polar surface area (TPSA) is 32.8 Å². The normalized spacial score (nSPS) is 11.7. The Balaban J connectivity index is 0.000000138. The van der Waals surface area contributed by atoms with Crippen molar-refractivity contribution in [2.45, 2.75) is 0 Å². The zero-order chi connectivity index (χ0) is 71.2. The van der Waals surface area contributed by atoms with Gasteiger partial charge in [-0.2, -0.15) is 0 Å². The number of anilines is 6. The van der Waals surface area contributed by atoms with Gasteiger partial charge in [0.05, 0.1) is 26.5 Å². The lowest BCUT2D eigenvalue weighted by molar-refractivity contribution is 0.668. The number of hydrogen-bond acceptors (Lipinski definition) is 6. The lowest BCUT2D eigenvalue weighted by Crippen LogP contribution is -2.11. The lowest BCUT2D eigenvalue weighted by Gasteiger charge is -2.29. The number of hydrogen-bond donors (Lipinski definition) is 0. The third-order valence-corrected chi connectivity index (χ3v) is 23.9. The summed E-state index contributed by atoms with van der Waals surface area (Å²) in [7, 11) is 0. The van der Waals surface area contributed by atoms with Crippen molar-refractivity contribution in [2.24, 2.45) is 0 Å². The summed E-state index contributed by atoms with van der Waals surface area (Å²) >= 11 is 3.73. The Hall–Kier alpha value is -13.6. The molecule has 108 heavy (non-hydrogen) atoms. The predicted octanol–water partition coefficient (Wildman–Crippen LogP) is 30.6. The summed E-state index contributed by atoms with van der Waals surface area (Å²) in [5.74, 6) is 0. The van der Waals surface area contributed by atoms with Gasteiger partial charge in [-0.25, -0.2) is 0 Å². The highest BCUT2D eigenvalue weighted by molar-refractivity contribution is 7.26. The number of nitrogens with zero attached hydrogens (tertiary/aromatic N) is 2. The zero-order valence-corrected chi connectivity index (χ0v) is 60.1. The van der Waals surface area contributed by atoms with E-state index in [1.165, 1.54) is 94.9 Å². The van der Waals surface area contributed by atoms with Gasteiger partial charge >= 0.3 is 0 Å². The molecule has 0 spiro atoms. The molecule has 0 aliphatic carbocycles. The molecular formula is C102H64N2O2S2. The van der Waals surface area contributed by atoms with Crippen LogP contribution in [0.3, 0.4) is 0 Å². The maximum absolute atomic E-state index is 6.42. The highest BCUT2D eigenvalue weighted by Gasteiger charge is 2.26. The smallest absolute Gasteiger partial charge is 0.136 e. The van der Waals surface area contributed by atoms with Crippen LogP contribution >= 0.6 is 22.7 Å². The number of thiophene rings is 2. The summed E-state index contributed by atoms with van der Waals surface area (Å²) in [6.07, 6.45) is 0. The molecule has 4 heterocycles. The van der Waals surface area contributed by atoms with E-state index in [2.05, 4.69) is 386 Å². The summed E-state index contributed by atoms with van der Waals surface area (Å²) in [4.78, 5) is 4.97. The van der Waals surface area contributed by atoms with Crippen LogP contribution in [-0.4, -0.2) is 0 Å². The minimum Gasteiger partial charge on any atom is -0.456 e. The second kappa shape index (κ2) is 26.2. The van der Waals surface area contributed by atoms with Crippen LogP contribution in [0.15, 0.2) is 397 Å². The van der Waals surface area contributed by atoms with Crippen molar-refractivity contribution in [1.82, 2.24) is 0 Å². The van der Waals surface area contributed by atoms with Crippen molar-refractivity contribution < 1.29 is 8.83 Å². The fourth-order valence-corrected chi connectivity index (χ4v) is 19.0. The van der Waals surface area contributed by atoms with Crippen LogP contribution in [0.5, 0.6) is 0 Å². The molecule has 0 aliphatic heterocycles. The highest BCUT2D eigenvalue weighted by Crippen LogP contribution is 2.52. The van der Waals surface area contributed by atoms with Gasteiger partial charge in [-0.15, -0.1) is 22.7 Å². The molecule has 22 aromatic rings. The van der Waals surface area contributed by atoms with E-state index in [0.717, 1.165) is 111 Å². The molecule has 4 aromatic heterocycles. The van der Waals surface area contributed by atoms with Gasteiger partial charge in [-0.3, -0.25) is 0 Å². The molecule has 506 valence electrons. The predicted molar refractivity (Wildman–Crippen MR) is 462 cm³/mol. The Bertz CT molecular complexity index is 7260. The van der Waals surface area contributed by atoms with Crippen molar-refractivity contribution in [3.05, 3.63) is 388 Å². The number of benzene rings is 18. The fraction of sp³-hybridized carbons (Fsp3) is 0. The average Bonchev–Trinajstić information content (AvgIpc) is 1.27. The third-order valence-electron chi connectivity index (χ3n) is 21.5. The van der Waals surface area contributed by atoms with E-state index in [0.29, 0.717) is 0 Å². The van der Waals surface area contributed by atoms with Gasteiger partial charge in [0.25, 0.3) is 0 Å². The Kier molecular flexibility index (Phi) is 15.3. The molecule has 18 aromatic carbocycles. The van der Waals surface area contributed by atoms with Gasteiger partial charge in [0.2, 0.25) is 0 Å². The first-order valence-electron chi connectivity index (χ1n) is 36.7. The summed E-state index contributed by atoms with van der Waals surface area (Å²) in [6, 6.07) is 140. The Labute approximate surface area is 631 Å². The number of furan rings is 2. The minimum atomic E-state index is 0.888. The molecule has 0 saturated carbocycles. The fourth-order valence-electron chi connectivity index (χ4n) is 16.6. The van der Waals surface area contributed by atoms with E-state index in [1.54, 1.807) is 0 Å². The van der Waals surface area contributed by atoms with Gasteiger partial charge in [0.1, 0.15) is 22.3 Å². The van der Waals surface area contributed by atoms with E-state index >= 15 is 0 Å². The van der Waals surface area contributed by atoms with Crippen LogP contribution in [0.1, 0.15) is 0 Å². The molecule has 22 rings (SSSR count). The van der Waals surface area contributed by atoms with Crippen LogP contribution in [0.2, 0.25) is 0 Å². The average molecular weight is 1410 g/mol. The SMILES string of the molecule is c1ccc(-c2cc(-c3cccc4oc5ccccc5c34)cc(N(c3cc4ccccc4c4ccccc34)c3cccc4c3sc3ccccc34)c2)cc1.c1ccc(-c2ccc(N(c3cc(-c4cccc5ccccc45)cc(-c4cccc5oc6ccccc6c45)c3)c3cccc4c3sc3ccccc34)cc2)cc1. The largest absolute Gasteiger partial charge is 0.456 e. The molecule has 4 nitrogen and oxygen atoms in total. The maximum Gasteiger partial charge on any atom is 0.136 e. The molecular weight excluding hydrogens is 1350 g/mol. The first-order chi connectivity index (χ1) is 53.5. The molecule has 0 saturated heterocycles. The molecule has 0 fully saturated rings. The van der Waals surface area contributed by atoms with Crippen molar-refractivity contribution in [3.8, 4) is 55.6 Å². The quantitative estimate of drug-likeness (QED) is 0.121. The van der Waals surface area contributed by atoms with Gasteiger partial charge in [-0.05, 0) is 186 Å². The molecule has 0 N–H and O–H groups in total. The summed E-state index contributed by atoms with van der Waals surface area (Å²) in [6.45, 7) is 0. The highest BCUT2D eigenvalue weighted by atomic mass is 32.1. The second-order valence-corrected chi connectivity index (χ2v) is 29.8. The molecule has 0 unspecified atom stereocenters. The minimum absolute atomic E-state index is 0.888. The van der Waals surface area contributed by atoms with Crippen molar-refractivity contribution in [2.75, 3.05) is 9.80 Å². The monoisotopic (exact) mass is 1410 g/mol. The molecule has 0 atom stereocenters. The standard InChI is InChI=1S/C52H33NOS.C50H31NOS/c1-2-13-34(14-3-1)35-27-29-39(30-28-35)53(47-23-11-22-45-44-18-7-9-26-50(44)55-52(45)47)40-32-37(42-20-10-16-36-15-4-5-17-41(36)42)31-38(33-40)43-21-12-25-49-51(43)46-19-6-8-24-48(46)54-49;1-2-14-32(15-3-1)34-28-35(38-22-13-26-47-49(38)43-21-8-10-25-46(43)52-47)30-36(29-34)51(44-24-12-23-42-41-20-9-11-27-48(41)53-50(42)44)45-31-33-16-4-5-17-37(33)39-18-6-7-19-40(39)45/h1-33H;1-31H. The summed E-state index contributed by atoms with van der Waals surface area (Å²) < 4.78 is 17.9. The lowest BCUT2D eigenvalue weighted by atomic mass is 9.92. The Morgan fingerprint density at radius 2 is 0.583 bits per heavy atom. The first-order valence-corrected chi connectivity index (χ1v) is 38.3. The van der Waals surface area contributed by atoms with Crippen molar-refractivity contribution in [3.63, 3.8) is 0 Å². The summed E-state index contributed by atoms with van der Waals surface area (Å²) in [5, 5.41) is 17.0. The van der Waals surface area contributed by atoms with Gasteiger partial charge in [0, 0.05) is 74.9 Å². The van der Waals surface area contributed by atoms with Crippen LogP contribution in [0, 0.1) is 0 Å². The number of fused-ring (bicyclic) bond motifs is 16. The van der Waals surface area contributed by atoms with Gasteiger partial charge in [0.15, 0.2) is 0 Å². The molecule has 0 bridgehead atoms. The van der Waals surface area contributed by atoms with Crippen LogP contribution in [0.25, 0.3) is 172 Å². The molecule has 0 aliphatic rings. The zero-order valence-electron chi connectivity index (χ0n) is 58.5. The van der Waals surface area contributed by atoms with Crippen LogP contribution in [0.4, 0.5) is 34.1 Å². The number of rotatable bonds is 11. The second-order valence-electron chi connectivity index (χ2n) is 27.7. The maximum atomic E-state index is 6.42. The molecule has 0 amide bonds. The van der Waals surface area contributed by atoms with Gasteiger partial charge < -0.3 is 18.6 Å². The van der Waals surface area contributed by atoms with Crippen LogP contribution < -0.4 is 9.80 Å². The first kappa shape index (κ1) is 62.9. The Morgan fingerprint density at radius 1 is 0.194 bits per heavy atom. The number of para-hydroxylation sites is 2. The molecule has 6 heteroatoms.